The maximum Gasteiger partial charge on any atom is 0.159 e. The van der Waals surface area contributed by atoms with Crippen molar-refractivity contribution in [3.05, 3.63) is 58.6 Å². The number of carbonyl (C=O) groups is 1. The highest BCUT2D eigenvalue weighted by Crippen LogP contribution is 2.29. The number of hydrogen-bond acceptors (Lipinski definition) is 1. The lowest BCUT2D eigenvalue weighted by Crippen LogP contribution is -1.91. The van der Waals surface area contributed by atoms with Crippen LogP contribution in [0, 0.1) is 0 Å². The Morgan fingerprint density at radius 2 is 1.79 bits per heavy atom. The van der Waals surface area contributed by atoms with Crippen molar-refractivity contribution in [2.45, 2.75) is 26.7 Å². The summed E-state index contributed by atoms with van der Waals surface area (Å²) in [5, 5.41) is 0.765. The fourth-order valence-electron chi connectivity index (χ4n) is 2.12. The summed E-state index contributed by atoms with van der Waals surface area (Å²) in [6, 6.07) is 13.8. The SMILES string of the molecule is CCCc1ccc(-c2ccc(C(C)=O)cc2)c(Cl)c1. The molecule has 0 unspecified atom stereocenters. The molecule has 98 valence electrons. The van der Waals surface area contributed by atoms with E-state index in [0.29, 0.717) is 0 Å². The van der Waals surface area contributed by atoms with Crippen LogP contribution in [0.25, 0.3) is 11.1 Å². The van der Waals surface area contributed by atoms with Crippen LogP contribution in [0.15, 0.2) is 42.5 Å². The summed E-state index contributed by atoms with van der Waals surface area (Å²) in [5.41, 5.74) is 4.04. The van der Waals surface area contributed by atoms with Crippen molar-refractivity contribution in [3.63, 3.8) is 0 Å². The van der Waals surface area contributed by atoms with E-state index in [1.54, 1.807) is 6.92 Å². The Hall–Kier alpha value is -1.60. The molecule has 0 spiro atoms. The van der Waals surface area contributed by atoms with E-state index in [9.17, 15) is 4.79 Å². The first-order valence-corrected chi connectivity index (χ1v) is 6.89. The van der Waals surface area contributed by atoms with Gasteiger partial charge in [-0.3, -0.25) is 4.79 Å². The number of hydrogen-bond donors (Lipinski definition) is 0. The first kappa shape index (κ1) is 13.8. The summed E-state index contributed by atoms with van der Waals surface area (Å²) in [6.45, 7) is 3.73. The van der Waals surface area contributed by atoms with Crippen molar-refractivity contribution in [1.82, 2.24) is 0 Å². The molecule has 0 aliphatic rings. The number of aryl methyl sites for hydroxylation is 1. The van der Waals surface area contributed by atoms with Gasteiger partial charge in [0.05, 0.1) is 0 Å². The Labute approximate surface area is 119 Å². The van der Waals surface area contributed by atoms with Crippen molar-refractivity contribution < 1.29 is 4.79 Å². The Morgan fingerprint density at radius 1 is 1.11 bits per heavy atom. The topological polar surface area (TPSA) is 17.1 Å². The second kappa shape index (κ2) is 6.03. The van der Waals surface area contributed by atoms with Crippen molar-refractivity contribution >= 4 is 17.4 Å². The minimum atomic E-state index is 0.0796. The fourth-order valence-corrected chi connectivity index (χ4v) is 2.43. The van der Waals surface area contributed by atoms with E-state index in [2.05, 4.69) is 19.1 Å². The second-order valence-corrected chi connectivity index (χ2v) is 5.10. The molecule has 0 saturated heterocycles. The molecule has 0 saturated carbocycles. The standard InChI is InChI=1S/C17H17ClO/c1-3-4-13-5-10-16(17(18)11-13)15-8-6-14(7-9-15)12(2)19/h5-11H,3-4H2,1-2H3. The molecular formula is C17H17ClO. The van der Waals surface area contributed by atoms with Crippen LogP contribution in [-0.2, 0) is 6.42 Å². The van der Waals surface area contributed by atoms with Crippen LogP contribution in [0.5, 0.6) is 0 Å². The predicted molar refractivity (Wildman–Crippen MR) is 80.9 cm³/mol. The van der Waals surface area contributed by atoms with Crippen LogP contribution >= 0.6 is 11.6 Å². The highest BCUT2D eigenvalue weighted by molar-refractivity contribution is 6.33. The van der Waals surface area contributed by atoms with Crippen molar-refractivity contribution in [2.75, 3.05) is 0 Å². The van der Waals surface area contributed by atoms with E-state index in [4.69, 9.17) is 11.6 Å². The van der Waals surface area contributed by atoms with Crippen molar-refractivity contribution in [1.29, 1.82) is 0 Å². The molecule has 1 nitrogen and oxygen atoms in total. The van der Waals surface area contributed by atoms with Crippen LogP contribution in [0.1, 0.15) is 36.2 Å². The molecule has 2 rings (SSSR count). The van der Waals surface area contributed by atoms with Crippen LogP contribution in [0.4, 0.5) is 0 Å². The largest absolute Gasteiger partial charge is 0.295 e. The van der Waals surface area contributed by atoms with Crippen molar-refractivity contribution in [3.8, 4) is 11.1 Å². The van der Waals surface area contributed by atoms with E-state index in [1.165, 1.54) is 5.56 Å². The highest BCUT2D eigenvalue weighted by Gasteiger charge is 2.06. The lowest BCUT2D eigenvalue weighted by atomic mass is 10.0. The zero-order chi connectivity index (χ0) is 13.8. The molecule has 2 aromatic rings. The molecule has 2 aromatic carbocycles. The monoisotopic (exact) mass is 272 g/mol. The minimum absolute atomic E-state index is 0.0796. The third-order valence-electron chi connectivity index (χ3n) is 3.17. The van der Waals surface area contributed by atoms with Gasteiger partial charge in [-0.05, 0) is 30.5 Å². The predicted octanol–water partition coefficient (Wildman–Crippen LogP) is 5.16. The average molecular weight is 273 g/mol. The van der Waals surface area contributed by atoms with Crippen LogP contribution < -0.4 is 0 Å². The van der Waals surface area contributed by atoms with Crippen molar-refractivity contribution in [2.24, 2.45) is 0 Å². The molecule has 0 N–H and O–H groups in total. The Kier molecular flexibility index (Phi) is 4.39. The van der Waals surface area contributed by atoms with Gasteiger partial charge in [0.15, 0.2) is 5.78 Å². The van der Waals surface area contributed by atoms with Gasteiger partial charge in [-0.2, -0.15) is 0 Å². The van der Waals surface area contributed by atoms with Gasteiger partial charge in [-0.15, -0.1) is 0 Å². The maximum absolute atomic E-state index is 11.3. The van der Waals surface area contributed by atoms with Gasteiger partial charge in [0.2, 0.25) is 0 Å². The lowest BCUT2D eigenvalue weighted by molar-refractivity contribution is 0.101. The molecule has 0 aliphatic carbocycles. The molecule has 0 fully saturated rings. The Balaban J connectivity index is 2.33. The minimum Gasteiger partial charge on any atom is -0.295 e. The van der Waals surface area contributed by atoms with Crippen LogP contribution in [0.3, 0.4) is 0 Å². The molecule has 2 heteroatoms. The third kappa shape index (κ3) is 3.24. The van der Waals surface area contributed by atoms with E-state index >= 15 is 0 Å². The Morgan fingerprint density at radius 3 is 2.32 bits per heavy atom. The smallest absolute Gasteiger partial charge is 0.159 e. The molecule has 0 bridgehead atoms. The second-order valence-electron chi connectivity index (χ2n) is 4.70. The highest BCUT2D eigenvalue weighted by atomic mass is 35.5. The summed E-state index contributed by atoms with van der Waals surface area (Å²) >= 11 is 6.34. The average Bonchev–Trinajstić information content (AvgIpc) is 2.39. The zero-order valence-electron chi connectivity index (χ0n) is 11.2. The van der Waals surface area contributed by atoms with Gasteiger partial charge >= 0.3 is 0 Å². The molecule has 0 atom stereocenters. The van der Waals surface area contributed by atoms with Crippen LogP contribution in [0.2, 0.25) is 5.02 Å². The van der Waals surface area contributed by atoms with Gasteiger partial charge < -0.3 is 0 Å². The van der Waals surface area contributed by atoms with Gasteiger partial charge in [-0.1, -0.05) is 61.3 Å². The number of benzene rings is 2. The number of Topliss-reactive ketones (excluding diaryl/α,β-unsaturated/α-hetero) is 1. The Bertz CT molecular complexity index is 585. The quantitative estimate of drug-likeness (QED) is 0.703. The number of halogens is 1. The molecule has 0 amide bonds. The molecule has 19 heavy (non-hydrogen) atoms. The molecule has 0 heterocycles. The van der Waals surface area contributed by atoms with E-state index in [-0.39, 0.29) is 5.78 Å². The van der Waals surface area contributed by atoms with Gasteiger partial charge in [0.25, 0.3) is 0 Å². The molecule has 0 radical (unpaired) electrons. The van der Waals surface area contributed by atoms with Gasteiger partial charge in [0, 0.05) is 16.1 Å². The number of ketones is 1. The molecule has 0 aliphatic heterocycles. The maximum atomic E-state index is 11.3. The third-order valence-corrected chi connectivity index (χ3v) is 3.49. The zero-order valence-corrected chi connectivity index (χ0v) is 12.0. The summed E-state index contributed by atoms with van der Waals surface area (Å²) in [7, 11) is 0. The van der Waals surface area contributed by atoms with E-state index in [1.807, 2.05) is 30.3 Å². The lowest BCUT2D eigenvalue weighted by Gasteiger charge is -2.07. The number of carbonyl (C=O) groups excluding carboxylic acids is 1. The number of rotatable bonds is 4. The van der Waals surface area contributed by atoms with Gasteiger partial charge in [0.1, 0.15) is 0 Å². The summed E-state index contributed by atoms with van der Waals surface area (Å²) in [4.78, 5) is 11.3. The van der Waals surface area contributed by atoms with E-state index in [0.717, 1.165) is 34.6 Å². The summed E-state index contributed by atoms with van der Waals surface area (Å²) in [5.74, 6) is 0.0796. The molecule has 0 aromatic heterocycles. The fraction of sp³-hybridized carbons (Fsp3) is 0.235. The first-order valence-electron chi connectivity index (χ1n) is 6.51. The summed E-state index contributed by atoms with van der Waals surface area (Å²) in [6.07, 6.45) is 2.16. The first-order chi connectivity index (χ1) is 9.11. The van der Waals surface area contributed by atoms with Crippen LogP contribution in [-0.4, -0.2) is 5.78 Å². The normalized spacial score (nSPS) is 10.5. The molecular weight excluding hydrogens is 256 g/mol. The van der Waals surface area contributed by atoms with Gasteiger partial charge in [-0.25, -0.2) is 0 Å². The summed E-state index contributed by atoms with van der Waals surface area (Å²) < 4.78 is 0. The van der Waals surface area contributed by atoms with E-state index < -0.39 is 0 Å².